The molecule has 6 heteroatoms. The summed E-state index contributed by atoms with van der Waals surface area (Å²) in [5.41, 5.74) is 0. The molecule has 1 amide bonds. The van der Waals surface area contributed by atoms with E-state index in [1.54, 1.807) is 6.08 Å². The summed E-state index contributed by atoms with van der Waals surface area (Å²) in [6.45, 7) is 4.92. The van der Waals surface area contributed by atoms with E-state index in [9.17, 15) is 19.8 Å². The van der Waals surface area contributed by atoms with Gasteiger partial charge in [0.1, 0.15) is 0 Å². The minimum atomic E-state index is -0.847. The zero-order valence-electron chi connectivity index (χ0n) is 54.5. The topological polar surface area (TPSA) is 95.9 Å². The second-order valence-corrected chi connectivity index (χ2v) is 24.9. The summed E-state index contributed by atoms with van der Waals surface area (Å²) in [4.78, 5) is 24.6. The third-order valence-corrected chi connectivity index (χ3v) is 16.8. The molecule has 0 bridgehead atoms. The van der Waals surface area contributed by atoms with Crippen LogP contribution in [0.5, 0.6) is 0 Å². The van der Waals surface area contributed by atoms with E-state index < -0.39 is 12.1 Å². The molecule has 2 atom stereocenters. The number of ether oxygens (including phenoxy) is 1. The second-order valence-electron chi connectivity index (χ2n) is 24.9. The highest BCUT2D eigenvalue weighted by Crippen LogP contribution is 2.18. The molecule has 6 nitrogen and oxygen atoms in total. The Hall–Kier alpha value is -2.18. The van der Waals surface area contributed by atoms with Crippen LogP contribution in [0, 0.1) is 0 Å². The molecule has 0 saturated heterocycles. The zero-order chi connectivity index (χ0) is 58.5. The van der Waals surface area contributed by atoms with Gasteiger partial charge in [-0.3, -0.25) is 9.59 Å². The Kier molecular flexibility index (Phi) is 68.4. The van der Waals surface area contributed by atoms with Gasteiger partial charge in [0.2, 0.25) is 5.91 Å². The minimum Gasteiger partial charge on any atom is -0.466 e. The summed E-state index contributed by atoms with van der Waals surface area (Å²) in [5.74, 6) is -0.0624. The predicted octanol–water partition coefficient (Wildman–Crippen LogP) is 23.6. The van der Waals surface area contributed by atoms with Gasteiger partial charge >= 0.3 is 5.97 Å². The molecular weight excluding hydrogens is 995 g/mol. The molecule has 0 aliphatic heterocycles. The number of amides is 1. The second kappa shape index (κ2) is 70.3. The van der Waals surface area contributed by atoms with Gasteiger partial charge < -0.3 is 20.3 Å². The third-order valence-electron chi connectivity index (χ3n) is 16.8. The van der Waals surface area contributed by atoms with Gasteiger partial charge in [-0.1, -0.05) is 339 Å². The molecule has 0 aromatic rings. The van der Waals surface area contributed by atoms with Crippen molar-refractivity contribution >= 4 is 11.9 Å². The fourth-order valence-electron chi connectivity index (χ4n) is 11.3. The van der Waals surface area contributed by atoms with Crippen molar-refractivity contribution in [2.75, 3.05) is 13.2 Å². The molecule has 0 heterocycles. The van der Waals surface area contributed by atoms with E-state index in [0.29, 0.717) is 19.4 Å². The fraction of sp³-hybridized carbons (Fsp3) is 0.867. The number of hydrogen-bond acceptors (Lipinski definition) is 5. The van der Waals surface area contributed by atoms with E-state index in [2.05, 4.69) is 55.6 Å². The first-order valence-electron chi connectivity index (χ1n) is 36.4. The molecule has 0 aromatic carbocycles. The Morgan fingerprint density at radius 3 is 0.951 bits per heavy atom. The lowest BCUT2D eigenvalue weighted by Crippen LogP contribution is -2.45. The smallest absolute Gasteiger partial charge is 0.305 e. The van der Waals surface area contributed by atoms with Crippen LogP contribution >= 0.6 is 0 Å². The Labute approximate surface area is 506 Å². The van der Waals surface area contributed by atoms with Gasteiger partial charge in [-0.2, -0.15) is 0 Å². The van der Waals surface area contributed by atoms with Crippen LogP contribution in [-0.2, 0) is 14.3 Å². The summed E-state index contributed by atoms with van der Waals surface area (Å²) in [6.07, 6.45) is 92.0. The fourth-order valence-corrected chi connectivity index (χ4v) is 11.3. The maximum absolute atomic E-state index is 12.5. The summed E-state index contributed by atoms with van der Waals surface area (Å²) in [6, 6.07) is -0.630. The standard InChI is InChI=1S/C75H141NO5/c1-3-5-7-9-11-13-15-17-19-20-21-31-34-37-40-43-47-51-55-59-63-67-73(78)72(71-77)76-74(79)68-64-60-56-52-48-44-41-38-35-32-29-27-25-23-22-24-26-28-30-33-36-39-42-46-50-54-58-62-66-70-81-75(80)69-65-61-57-53-49-45-18-16-14-12-10-8-6-4-2/h16,18,22,24,28,30,63,67,72-73,77-78H,3-15,17,19-21,23,25-27,29,31-62,64-66,68-71H2,1-2H3,(H,76,79)/b18-16-,24-22-,30-28-,67-63+. The van der Waals surface area contributed by atoms with Gasteiger partial charge in [-0.25, -0.2) is 0 Å². The first-order valence-corrected chi connectivity index (χ1v) is 36.4. The first kappa shape index (κ1) is 78.8. The lowest BCUT2D eigenvalue weighted by molar-refractivity contribution is -0.143. The van der Waals surface area contributed by atoms with E-state index in [1.807, 2.05) is 6.08 Å². The monoisotopic (exact) mass is 1140 g/mol. The number of nitrogens with one attached hydrogen (secondary N) is 1. The Morgan fingerprint density at radius 2 is 0.617 bits per heavy atom. The van der Waals surface area contributed by atoms with Crippen molar-refractivity contribution in [2.45, 2.75) is 405 Å². The third kappa shape index (κ3) is 66.8. The SMILES string of the molecule is CCCCCCC/C=C\CCCCCCCC(=O)OCCCCCCCCCCC/C=C\C/C=C\CCCCCCCCCCCCCCCC(=O)NC(CO)C(O)/C=C/CCCCCCCCCCCCCCCCCCCCC. The van der Waals surface area contributed by atoms with Gasteiger partial charge in [0, 0.05) is 12.8 Å². The van der Waals surface area contributed by atoms with Crippen molar-refractivity contribution in [3.8, 4) is 0 Å². The lowest BCUT2D eigenvalue weighted by Gasteiger charge is -2.20. The number of aliphatic hydroxyl groups is 2. The number of hydrogen-bond donors (Lipinski definition) is 3. The van der Waals surface area contributed by atoms with Crippen LogP contribution in [0.4, 0.5) is 0 Å². The number of allylic oxidation sites excluding steroid dienone is 7. The van der Waals surface area contributed by atoms with Gasteiger partial charge in [-0.05, 0) is 89.9 Å². The number of unbranched alkanes of at least 4 members (excludes halogenated alkanes) is 51. The van der Waals surface area contributed by atoms with Crippen LogP contribution in [-0.4, -0.2) is 47.4 Å². The van der Waals surface area contributed by atoms with Gasteiger partial charge in [0.05, 0.1) is 25.4 Å². The predicted molar refractivity (Wildman–Crippen MR) is 356 cm³/mol. The summed E-state index contributed by atoms with van der Waals surface area (Å²) in [5, 5.41) is 23.3. The number of esters is 1. The quantitative estimate of drug-likeness (QED) is 0.0320. The molecular formula is C75H141NO5. The number of carbonyl (C=O) groups is 2. The largest absolute Gasteiger partial charge is 0.466 e. The molecule has 0 fully saturated rings. The van der Waals surface area contributed by atoms with Crippen molar-refractivity contribution in [1.29, 1.82) is 0 Å². The van der Waals surface area contributed by atoms with Gasteiger partial charge in [0.25, 0.3) is 0 Å². The van der Waals surface area contributed by atoms with Crippen LogP contribution in [0.15, 0.2) is 48.6 Å². The van der Waals surface area contributed by atoms with E-state index in [0.717, 1.165) is 51.4 Å². The summed E-state index contributed by atoms with van der Waals surface area (Å²) in [7, 11) is 0. The van der Waals surface area contributed by atoms with Crippen molar-refractivity contribution < 1.29 is 24.5 Å². The molecule has 3 N–H and O–H groups in total. The van der Waals surface area contributed by atoms with Crippen molar-refractivity contribution in [3.05, 3.63) is 48.6 Å². The number of aliphatic hydroxyl groups excluding tert-OH is 2. The highest BCUT2D eigenvalue weighted by atomic mass is 16.5. The van der Waals surface area contributed by atoms with Crippen LogP contribution < -0.4 is 5.32 Å². The molecule has 0 aliphatic rings. The Balaban J connectivity index is 3.43. The van der Waals surface area contributed by atoms with Crippen molar-refractivity contribution in [3.63, 3.8) is 0 Å². The van der Waals surface area contributed by atoms with E-state index >= 15 is 0 Å². The average molecular weight is 1140 g/mol. The summed E-state index contributed by atoms with van der Waals surface area (Å²) >= 11 is 0. The van der Waals surface area contributed by atoms with Gasteiger partial charge in [0.15, 0.2) is 0 Å². The molecule has 0 aliphatic carbocycles. The molecule has 0 aromatic heterocycles. The highest BCUT2D eigenvalue weighted by molar-refractivity contribution is 5.76. The van der Waals surface area contributed by atoms with Crippen LogP contribution in [0.1, 0.15) is 393 Å². The normalized spacial score (nSPS) is 12.8. The molecule has 81 heavy (non-hydrogen) atoms. The molecule has 0 spiro atoms. The first-order chi connectivity index (χ1) is 40.0. The molecule has 0 rings (SSSR count). The minimum absolute atomic E-state index is 0.00333. The van der Waals surface area contributed by atoms with Gasteiger partial charge in [-0.15, -0.1) is 0 Å². The number of carbonyl (C=O) groups excluding carboxylic acids is 2. The van der Waals surface area contributed by atoms with E-state index in [1.165, 1.54) is 315 Å². The zero-order valence-corrected chi connectivity index (χ0v) is 54.5. The van der Waals surface area contributed by atoms with Crippen molar-refractivity contribution in [1.82, 2.24) is 5.32 Å². The summed E-state index contributed by atoms with van der Waals surface area (Å²) < 4.78 is 5.48. The molecule has 2 unspecified atom stereocenters. The Bertz CT molecular complexity index is 1360. The number of rotatable bonds is 68. The molecule has 0 radical (unpaired) electrons. The molecule has 476 valence electrons. The van der Waals surface area contributed by atoms with Crippen molar-refractivity contribution in [2.24, 2.45) is 0 Å². The average Bonchev–Trinajstić information content (AvgIpc) is 3.47. The molecule has 0 saturated carbocycles. The van der Waals surface area contributed by atoms with Crippen LogP contribution in [0.3, 0.4) is 0 Å². The van der Waals surface area contributed by atoms with E-state index in [4.69, 9.17) is 4.74 Å². The maximum atomic E-state index is 12.5. The maximum Gasteiger partial charge on any atom is 0.305 e. The van der Waals surface area contributed by atoms with E-state index in [-0.39, 0.29) is 18.5 Å². The van der Waals surface area contributed by atoms with Crippen LogP contribution in [0.25, 0.3) is 0 Å². The Morgan fingerprint density at radius 1 is 0.346 bits per heavy atom. The lowest BCUT2D eigenvalue weighted by atomic mass is 10.0. The highest BCUT2D eigenvalue weighted by Gasteiger charge is 2.18. The van der Waals surface area contributed by atoms with Crippen LogP contribution in [0.2, 0.25) is 0 Å².